The van der Waals surface area contributed by atoms with Gasteiger partial charge in [0.1, 0.15) is 0 Å². The van der Waals surface area contributed by atoms with Crippen LogP contribution in [0.15, 0.2) is 206 Å². The molecule has 1 aliphatic carbocycles. The Morgan fingerprint density at radius 2 is 0.814 bits per heavy atom. The zero-order chi connectivity index (χ0) is 39.5. The first kappa shape index (κ1) is 34.8. The van der Waals surface area contributed by atoms with Gasteiger partial charge in [-0.2, -0.15) is 0 Å². The van der Waals surface area contributed by atoms with Gasteiger partial charge in [0.25, 0.3) is 0 Å². The fourth-order valence-corrected chi connectivity index (χ4v) is 9.27. The first-order valence-electron chi connectivity index (χ1n) is 20.4. The lowest BCUT2D eigenvalue weighted by Crippen LogP contribution is -2.14. The largest absolute Gasteiger partial charge is 0.228 e. The minimum Gasteiger partial charge on any atom is -0.228 e. The Morgan fingerprint density at radius 1 is 0.322 bits per heavy atom. The Morgan fingerprint density at radius 3 is 1.44 bits per heavy atom. The van der Waals surface area contributed by atoms with E-state index in [1.54, 1.807) is 0 Å². The summed E-state index contributed by atoms with van der Waals surface area (Å²) in [5.41, 5.74) is 17.2. The van der Waals surface area contributed by atoms with Gasteiger partial charge in [0, 0.05) is 22.1 Å². The van der Waals surface area contributed by atoms with Gasteiger partial charge in [-0.05, 0) is 114 Å². The van der Waals surface area contributed by atoms with E-state index in [0.717, 1.165) is 44.6 Å². The van der Waals surface area contributed by atoms with Crippen LogP contribution in [0.25, 0.3) is 100.0 Å². The van der Waals surface area contributed by atoms with Crippen LogP contribution in [0, 0.1) is 0 Å². The highest BCUT2D eigenvalue weighted by atomic mass is 14.9. The van der Waals surface area contributed by atoms with Crippen LogP contribution in [0.3, 0.4) is 0 Å². The molecular weight excluding hydrogens is 713 g/mol. The monoisotopic (exact) mass is 752 g/mol. The van der Waals surface area contributed by atoms with Crippen molar-refractivity contribution in [2.45, 2.75) is 19.3 Å². The number of hydrogen-bond donors (Lipinski definition) is 0. The average Bonchev–Trinajstić information content (AvgIpc) is 3.53. The molecule has 2 nitrogen and oxygen atoms in total. The van der Waals surface area contributed by atoms with Gasteiger partial charge in [-0.3, -0.25) is 0 Å². The molecule has 0 saturated heterocycles. The van der Waals surface area contributed by atoms with Crippen LogP contribution >= 0.6 is 0 Å². The topological polar surface area (TPSA) is 25.8 Å². The van der Waals surface area contributed by atoms with E-state index >= 15 is 0 Å². The summed E-state index contributed by atoms with van der Waals surface area (Å²) in [5.74, 6) is 0.701. The van der Waals surface area contributed by atoms with Crippen LogP contribution in [0.2, 0.25) is 0 Å². The molecule has 0 saturated carbocycles. The number of hydrogen-bond acceptors (Lipinski definition) is 2. The molecule has 1 heterocycles. The number of rotatable bonds is 6. The Bertz CT molecular complexity index is 3130. The molecule has 1 aliphatic rings. The van der Waals surface area contributed by atoms with E-state index in [-0.39, 0.29) is 5.41 Å². The predicted octanol–water partition coefficient (Wildman–Crippen LogP) is 15.1. The SMILES string of the molecule is CC1(C)c2cc3ccccc3cc2-c2c(-c3ccc(-c4nc(-c5cccc(-c6ccccc6)c5)cc(-c5cccc(-c6ccccc6)c5)n4)c4ccccc34)cccc21. The van der Waals surface area contributed by atoms with Crippen molar-refractivity contribution >= 4 is 21.5 Å². The van der Waals surface area contributed by atoms with Crippen molar-refractivity contribution in [2.24, 2.45) is 0 Å². The normalized spacial score (nSPS) is 12.7. The second-order valence-corrected chi connectivity index (χ2v) is 16.2. The molecule has 0 atom stereocenters. The number of benzene rings is 9. The Labute approximate surface area is 345 Å². The van der Waals surface area contributed by atoms with Gasteiger partial charge in [0.2, 0.25) is 0 Å². The molecule has 0 radical (unpaired) electrons. The third-order valence-electron chi connectivity index (χ3n) is 12.3. The molecule has 0 amide bonds. The zero-order valence-corrected chi connectivity index (χ0v) is 33.0. The summed E-state index contributed by atoms with van der Waals surface area (Å²) in [7, 11) is 0. The van der Waals surface area contributed by atoms with E-state index in [1.807, 2.05) is 0 Å². The van der Waals surface area contributed by atoms with E-state index in [2.05, 4.69) is 220 Å². The molecule has 1 aromatic heterocycles. The third-order valence-corrected chi connectivity index (χ3v) is 12.3. The van der Waals surface area contributed by atoms with Gasteiger partial charge in [-0.25, -0.2) is 9.97 Å². The molecule has 0 aliphatic heterocycles. The van der Waals surface area contributed by atoms with Crippen molar-refractivity contribution in [3.8, 4) is 78.4 Å². The Balaban J connectivity index is 1.10. The summed E-state index contributed by atoms with van der Waals surface area (Å²) in [6, 6.07) is 74.3. The lowest BCUT2D eigenvalue weighted by Gasteiger charge is -2.22. The summed E-state index contributed by atoms with van der Waals surface area (Å²) in [4.78, 5) is 10.8. The lowest BCUT2D eigenvalue weighted by molar-refractivity contribution is 0.661. The summed E-state index contributed by atoms with van der Waals surface area (Å²) < 4.78 is 0. The van der Waals surface area contributed by atoms with Gasteiger partial charge < -0.3 is 0 Å². The van der Waals surface area contributed by atoms with Gasteiger partial charge in [0.15, 0.2) is 5.82 Å². The minimum absolute atomic E-state index is 0.124. The van der Waals surface area contributed by atoms with Crippen LogP contribution in [0.1, 0.15) is 25.0 Å². The average molecular weight is 753 g/mol. The van der Waals surface area contributed by atoms with Gasteiger partial charge in [0.05, 0.1) is 11.4 Å². The molecule has 9 aromatic carbocycles. The second-order valence-electron chi connectivity index (χ2n) is 16.2. The van der Waals surface area contributed by atoms with E-state index < -0.39 is 0 Å². The Kier molecular flexibility index (Phi) is 8.20. The van der Waals surface area contributed by atoms with Gasteiger partial charge in [-0.1, -0.05) is 184 Å². The molecule has 0 fully saturated rings. The molecule has 10 aromatic rings. The van der Waals surface area contributed by atoms with E-state index in [0.29, 0.717) is 5.82 Å². The zero-order valence-electron chi connectivity index (χ0n) is 33.0. The Hall–Kier alpha value is -7.42. The number of aromatic nitrogens is 2. The van der Waals surface area contributed by atoms with Crippen LogP contribution in [0.4, 0.5) is 0 Å². The van der Waals surface area contributed by atoms with E-state index in [4.69, 9.17) is 9.97 Å². The number of nitrogens with zero attached hydrogens (tertiary/aromatic N) is 2. The van der Waals surface area contributed by atoms with Crippen molar-refractivity contribution in [1.29, 1.82) is 0 Å². The first-order chi connectivity index (χ1) is 29.0. The molecule has 278 valence electrons. The summed E-state index contributed by atoms with van der Waals surface area (Å²) >= 11 is 0. The van der Waals surface area contributed by atoms with Gasteiger partial charge >= 0.3 is 0 Å². The summed E-state index contributed by atoms with van der Waals surface area (Å²) in [6.07, 6.45) is 0. The molecule has 0 unspecified atom stereocenters. The van der Waals surface area contributed by atoms with Crippen molar-refractivity contribution in [3.63, 3.8) is 0 Å². The first-order valence-corrected chi connectivity index (χ1v) is 20.4. The van der Waals surface area contributed by atoms with Crippen molar-refractivity contribution < 1.29 is 0 Å². The molecule has 0 bridgehead atoms. The standard InChI is InChI=1S/C57H40N2/c1-57(2)51-29-15-28-48(55(51)50-34-41-20-9-10-21-42(41)35-52(50)57)47-30-31-49(46-27-12-11-26-45(46)47)56-58-53(43-24-13-22-39(32-43)37-16-5-3-6-17-37)36-54(59-56)44-25-14-23-40(33-44)38-18-7-4-8-19-38/h3-36H,1-2H3. The maximum atomic E-state index is 5.39. The fraction of sp³-hybridized carbons (Fsp3) is 0.0526. The lowest BCUT2D eigenvalue weighted by atomic mass is 9.81. The molecule has 0 spiro atoms. The third kappa shape index (κ3) is 5.96. The summed E-state index contributed by atoms with van der Waals surface area (Å²) in [6.45, 7) is 4.73. The van der Waals surface area contributed by atoms with Crippen molar-refractivity contribution in [2.75, 3.05) is 0 Å². The summed E-state index contributed by atoms with van der Waals surface area (Å²) in [5, 5.41) is 4.85. The van der Waals surface area contributed by atoms with E-state index in [1.165, 1.54) is 60.7 Å². The van der Waals surface area contributed by atoms with E-state index in [9.17, 15) is 0 Å². The minimum atomic E-state index is -0.124. The smallest absolute Gasteiger partial charge is 0.161 e. The maximum Gasteiger partial charge on any atom is 0.161 e. The number of fused-ring (bicyclic) bond motifs is 5. The van der Waals surface area contributed by atoms with Crippen LogP contribution in [-0.2, 0) is 5.41 Å². The van der Waals surface area contributed by atoms with Crippen LogP contribution in [0.5, 0.6) is 0 Å². The van der Waals surface area contributed by atoms with Gasteiger partial charge in [-0.15, -0.1) is 0 Å². The predicted molar refractivity (Wildman–Crippen MR) is 247 cm³/mol. The van der Waals surface area contributed by atoms with Crippen molar-refractivity contribution in [3.05, 3.63) is 217 Å². The van der Waals surface area contributed by atoms with Crippen LogP contribution < -0.4 is 0 Å². The van der Waals surface area contributed by atoms with Crippen LogP contribution in [-0.4, -0.2) is 9.97 Å². The second kappa shape index (κ2) is 13.9. The maximum absolute atomic E-state index is 5.39. The highest BCUT2D eigenvalue weighted by Crippen LogP contribution is 2.54. The van der Waals surface area contributed by atoms with Crippen molar-refractivity contribution in [1.82, 2.24) is 9.97 Å². The fourth-order valence-electron chi connectivity index (χ4n) is 9.27. The quantitative estimate of drug-likeness (QED) is 0.169. The molecular formula is C57H40N2. The molecule has 2 heteroatoms. The molecule has 11 rings (SSSR count). The molecule has 0 N–H and O–H groups in total. The highest BCUT2D eigenvalue weighted by Gasteiger charge is 2.37. The highest BCUT2D eigenvalue weighted by molar-refractivity contribution is 6.08. The molecule has 59 heavy (non-hydrogen) atoms.